The second-order valence-corrected chi connectivity index (χ2v) is 8.68. The Morgan fingerprint density at radius 1 is 0.935 bits per heavy atom. The Morgan fingerprint density at radius 2 is 1.48 bits per heavy atom. The molecule has 0 spiro atoms. The Bertz CT molecular complexity index is 818. The summed E-state index contributed by atoms with van der Waals surface area (Å²) < 4.78 is 7.41. The Balaban J connectivity index is 0.000000995. The number of aromatic amines is 1. The number of nitrogens with one attached hydrogen (secondary N) is 1. The van der Waals surface area contributed by atoms with Crippen LogP contribution in [0.15, 0.2) is 15.8 Å². The fourth-order valence-corrected chi connectivity index (χ4v) is 4.37. The van der Waals surface area contributed by atoms with Gasteiger partial charge in [0.2, 0.25) is 0 Å². The van der Waals surface area contributed by atoms with E-state index in [2.05, 4.69) is 30.7 Å². The van der Waals surface area contributed by atoms with Gasteiger partial charge in [0.1, 0.15) is 11.8 Å². The van der Waals surface area contributed by atoms with Gasteiger partial charge in [0.15, 0.2) is 0 Å². The molecular weight excluding hydrogens is 432 g/mol. The molecule has 1 aromatic heterocycles. The summed E-state index contributed by atoms with van der Waals surface area (Å²) in [7, 11) is 0. The van der Waals surface area contributed by atoms with Gasteiger partial charge in [-0.15, -0.1) is 0 Å². The van der Waals surface area contributed by atoms with Gasteiger partial charge >= 0.3 is 22.8 Å². The molecule has 3 aliphatic rings. The molecule has 4 atom stereocenters. The maximum atomic E-state index is 12.2. The van der Waals surface area contributed by atoms with E-state index in [9.17, 15) is 9.59 Å². The molecule has 0 amide bonds. The molecule has 5 nitrogen and oxygen atoms in total. The SMILES string of the molecule is C1CCCC1.CC1OC(n2cc(C#CC3CCCC3)c(=O)[nH]c2=O)C(C)C1C.[CH3-].[CH3-].[Fe+2]. The predicted octanol–water partition coefficient (Wildman–Crippen LogP) is 5.12. The average Bonchev–Trinajstić information content (AvgIpc) is 3.43. The summed E-state index contributed by atoms with van der Waals surface area (Å²) in [4.78, 5) is 26.6. The molecule has 1 saturated heterocycles. The van der Waals surface area contributed by atoms with Gasteiger partial charge < -0.3 is 19.6 Å². The molecule has 0 bridgehead atoms. The summed E-state index contributed by atoms with van der Waals surface area (Å²) in [5.41, 5.74) is -0.498. The van der Waals surface area contributed by atoms with Gasteiger partial charge in [0.05, 0.1) is 6.10 Å². The van der Waals surface area contributed by atoms with Crippen LogP contribution in [0.1, 0.15) is 90.3 Å². The molecule has 4 rings (SSSR count). The molecule has 4 unspecified atom stereocenters. The Kier molecular flexibility index (Phi) is 13.4. The van der Waals surface area contributed by atoms with Crippen LogP contribution < -0.4 is 11.2 Å². The predicted molar refractivity (Wildman–Crippen MR) is 124 cm³/mol. The second kappa shape index (κ2) is 14.0. The summed E-state index contributed by atoms with van der Waals surface area (Å²) in [5, 5.41) is 0. The first-order chi connectivity index (χ1) is 13.5. The van der Waals surface area contributed by atoms with Crippen molar-refractivity contribution in [2.24, 2.45) is 17.8 Å². The Morgan fingerprint density at radius 3 is 1.97 bits per heavy atom. The number of rotatable bonds is 1. The van der Waals surface area contributed by atoms with Crippen molar-refractivity contribution in [2.45, 2.75) is 90.9 Å². The van der Waals surface area contributed by atoms with E-state index in [1.54, 1.807) is 6.20 Å². The maximum absolute atomic E-state index is 12.2. The van der Waals surface area contributed by atoms with Crippen LogP contribution in [-0.4, -0.2) is 15.7 Å². The van der Waals surface area contributed by atoms with E-state index in [4.69, 9.17) is 4.74 Å². The molecule has 0 aromatic carbocycles. The first-order valence-electron chi connectivity index (χ1n) is 11.0. The molecule has 2 heterocycles. The molecule has 6 heteroatoms. The van der Waals surface area contributed by atoms with E-state index >= 15 is 0 Å². The molecule has 176 valence electrons. The Hall–Kier alpha value is -1.28. The number of hydrogen-bond donors (Lipinski definition) is 1. The van der Waals surface area contributed by atoms with Crippen LogP contribution in [0, 0.1) is 44.4 Å². The fourth-order valence-electron chi connectivity index (χ4n) is 4.37. The molecule has 1 aliphatic heterocycles. The topological polar surface area (TPSA) is 64.1 Å². The van der Waals surface area contributed by atoms with Gasteiger partial charge in [0, 0.05) is 18.0 Å². The van der Waals surface area contributed by atoms with Crippen molar-refractivity contribution in [3.05, 3.63) is 47.5 Å². The summed E-state index contributed by atoms with van der Waals surface area (Å²) in [6, 6.07) is 0. The number of hydrogen-bond acceptors (Lipinski definition) is 3. The molecule has 3 fully saturated rings. The van der Waals surface area contributed by atoms with E-state index in [0.717, 1.165) is 12.8 Å². The van der Waals surface area contributed by atoms with Crippen LogP contribution in [0.5, 0.6) is 0 Å². The number of nitrogens with zero attached hydrogens (tertiary/aromatic N) is 1. The first-order valence-corrected chi connectivity index (χ1v) is 11.0. The van der Waals surface area contributed by atoms with Crippen LogP contribution in [0.3, 0.4) is 0 Å². The van der Waals surface area contributed by atoms with Crippen molar-refractivity contribution in [3.8, 4) is 11.8 Å². The fraction of sp³-hybridized carbons (Fsp3) is 0.680. The zero-order valence-electron chi connectivity index (χ0n) is 19.9. The molecule has 2 saturated carbocycles. The van der Waals surface area contributed by atoms with E-state index in [1.165, 1.54) is 49.5 Å². The normalized spacial score (nSPS) is 26.9. The molecule has 0 radical (unpaired) electrons. The van der Waals surface area contributed by atoms with Gasteiger partial charge in [-0.2, -0.15) is 0 Å². The van der Waals surface area contributed by atoms with E-state index in [-0.39, 0.29) is 50.2 Å². The van der Waals surface area contributed by atoms with Crippen LogP contribution in [-0.2, 0) is 21.8 Å². The van der Waals surface area contributed by atoms with Crippen molar-refractivity contribution in [1.82, 2.24) is 9.55 Å². The van der Waals surface area contributed by atoms with Crippen LogP contribution in [0.25, 0.3) is 0 Å². The van der Waals surface area contributed by atoms with Gasteiger partial charge in [-0.05, 0) is 25.7 Å². The third-order valence-corrected chi connectivity index (χ3v) is 6.63. The van der Waals surface area contributed by atoms with Crippen LogP contribution >= 0.6 is 0 Å². The van der Waals surface area contributed by atoms with Crippen molar-refractivity contribution < 1.29 is 21.8 Å². The smallest absolute Gasteiger partial charge is 0.358 e. The monoisotopic (exact) mass is 472 g/mol. The minimum atomic E-state index is -0.431. The van der Waals surface area contributed by atoms with Crippen LogP contribution in [0.4, 0.5) is 0 Å². The summed E-state index contributed by atoms with van der Waals surface area (Å²) >= 11 is 0. The third kappa shape index (κ3) is 7.67. The average molecular weight is 472 g/mol. The van der Waals surface area contributed by atoms with Crippen molar-refractivity contribution >= 4 is 0 Å². The number of H-pyrrole nitrogens is 1. The number of aromatic nitrogens is 2. The zero-order valence-corrected chi connectivity index (χ0v) is 21.0. The Labute approximate surface area is 199 Å². The van der Waals surface area contributed by atoms with Gasteiger partial charge in [-0.1, -0.05) is 70.6 Å². The van der Waals surface area contributed by atoms with Crippen molar-refractivity contribution in [1.29, 1.82) is 0 Å². The maximum Gasteiger partial charge on any atom is 2.00 e. The van der Waals surface area contributed by atoms with Gasteiger partial charge in [0.25, 0.3) is 5.56 Å². The van der Waals surface area contributed by atoms with E-state index in [1.807, 2.05) is 6.92 Å². The van der Waals surface area contributed by atoms with E-state index < -0.39 is 11.2 Å². The second-order valence-electron chi connectivity index (χ2n) is 8.68. The molecule has 1 N–H and O–H groups in total. The molecule has 31 heavy (non-hydrogen) atoms. The minimum absolute atomic E-state index is 0. The summed E-state index contributed by atoms with van der Waals surface area (Å²) in [6.07, 6.45) is 13.4. The zero-order chi connectivity index (χ0) is 20.1. The van der Waals surface area contributed by atoms with Crippen molar-refractivity contribution in [3.63, 3.8) is 0 Å². The standard InChI is InChI=1S/C18H24N2O3.C5H10.2CH3.Fe/c1-11-12(2)17(23-13(11)3)20-10-15(16(21)19-18(20)22)9-8-14-6-4-5-7-14;1-2-4-5-3-1;;;/h10-14,17H,4-7H2,1-3H3,(H,19,21,22);1-5H2;2*1H3;/q;;2*-1;+2. The summed E-state index contributed by atoms with van der Waals surface area (Å²) in [5.74, 6) is 7.08. The quantitative estimate of drug-likeness (QED) is 0.351. The summed E-state index contributed by atoms with van der Waals surface area (Å²) in [6.45, 7) is 6.20. The molecule has 1 aromatic rings. The van der Waals surface area contributed by atoms with Gasteiger partial charge in [-0.3, -0.25) is 14.3 Å². The minimum Gasteiger partial charge on any atom is -0.358 e. The van der Waals surface area contributed by atoms with Crippen molar-refractivity contribution in [2.75, 3.05) is 0 Å². The first kappa shape index (κ1) is 29.7. The largest absolute Gasteiger partial charge is 2.00 e. The molecule has 2 aliphatic carbocycles. The van der Waals surface area contributed by atoms with E-state index in [0.29, 0.717) is 17.4 Å². The van der Waals surface area contributed by atoms with Gasteiger partial charge in [-0.25, -0.2) is 4.79 Å². The number of ether oxygens (including phenoxy) is 1. The third-order valence-electron chi connectivity index (χ3n) is 6.63. The van der Waals surface area contributed by atoms with Crippen LogP contribution in [0.2, 0.25) is 0 Å². The molecular formula is C25H40FeN2O3.